The Morgan fingerprint density at radius 3 is 2.48 bits per heavy atom. The van der Waals surface area contributed by atoms with Crippen LogP contribution in [-0.2, 0) is 10.0 Å². The molecule has 1 saturated heterocycles. The van der Waals surface area contributed by atoms with E-state index < -0.39 is 14.9 Å². The topological polar surface area (TPSA) is 99.8 Å². The summed E-state index contributed by atoms with van der Waals surface area (Å²) in [6.07, 6.45) is 0. The van der Waals surface area contributed by atoms with Crippen molar-refractivity contribution in [3.63, 3.8) is 0 Å². The largest absolute Gasteiger partial charge is 0.496 e. The molecule has 1 aliphatic rings. The number of hydrogen-bond donors (Lipinski definition) is 1. The number of thiazole rings is 1. The molecule has 2 aromatic rings. The lowest BCUT2D eigenvalue weighted by Crippen LogP contribution is -2.50. The number of aromatic nitrogens is 1. The molecule has 0 unspecified atom stereocenters. The minimum atomic E-state index is -3.77. The van der Waals surface area contributed by atoms with Crippen molar-refractivity contribution in [2.24, 2.45) is 0 Å². The number of aryl methyl sites for hydroxylation is 1. The summed E-state index contributed by atoms with van der Waals surface area (Å²) in [7, 11) is -2.30. The van der Waals surface area contributed by atoms with Gasteiger partial charge in [0, 0.05) is 36.9 Å². The molecule has 146 valence electrons. The van der Waals surface area contributed by atoms with Gasteiger partial charge < -0.3 is 14.6 Å². The smallest absolute Gasteiger partial charge is 0.305 e. The lowest BCUT2D eigenvalue weighted by atomic mass is 10.1. The molecule has 0 aliphatic carbocycles. The first-order chi connectivity index (χ1) is 12.7. The Hall–Kier alpha value is -1.88. The van der Waals surface area contributed by atoms with Gasteiger partial charge in [0.25, 0.3) is 15.9 Å². The molecular formula is C16H18ClN3O5S2. The Bertz CT molecular complexity index is 1020. The average molecular weight is 432 g/mol. The van der Waals surface area contributed by atoms with E-state index in [1.807, 2.05) is 0 Å². The first-order valence-electron chi connectivity index (χ1n) is 8.06. The number of piperazine rings is 1. The number of H-pyrrole nitrogens is 1. The number of carbonyl (C=O) groups is 1. The van der Waals surface area contributed by atoms with E-state index >= 15 is 0 Å². The van der Waals surface area contributed by atoms with Crippen LogP contribution in [0.2, 0.25) is 5.02 Å². The van der Waals surface area contributed by atoms with Crippen LogP contribution in [0.5, 0.6) is 5.75 Å². The zero-order valence-corrected chi connectivity index (χ0v) is 17.1. The molecule has 1 aromatic heterocycles. The van der Waals surface area contributed by atoms with Gasteiger partial charge in [0.05, 0.1) is 12.7 Å². The Morgan fingerprint density at radius 2 is 1.93 bits per heavy atom. The molecule has 11 heteroatoms. The van der Waals surface area contributed by atoms with Gasteiger partial charge in [-0.15, -0.1) is 0 Å². The minimum absolute atomic E-state index is 0.0174. The van der Waals surface area contributed by atoms with Gasteiger partial charge in [-0.25, -0.2) is 8.42 Å². The molecule has 0 atom stereocenters. The van der Waals surface area contributed by atoms with Crippen molar-refractivity contribution in [2.75, 3.05) is 33.3 Å². The molecule has 0 spiro atoms. The van der Waals surface area contributed by atoms with E-state index in [-0.39, 0.29) is 36.3 Å². The van der Waals surface area contributed by atoms with Crippen LogP contribution in [0.4, 0.5) is 0 Å². The molecule has 1 aromatic carbocycles. The van der Waals surface area contributed by atoms with Crippen LogP contribution >= 0.6 is 22.9 Å². The van der Waals surface area contributed by atoms with Gasteiger partial charge in [-0.2, -0.15) is 4.31 Å². The number of ether oxygens (including phenoxy) is 1. The zero-order valence-electron chi connectivity index (χ0n) is 14.7. The van der Waals surface area contributed by atoms with E-state index in [2.05, 4.69) is 4.98 Å². The summed E-state index contributed by atoms with van der Waals surface area (Å²) in [6, 6.07) is 4.78. The Kier molecular flexibility index (Phi) is 5.61. The highest BCUT2D eigenvalue weighted by atomic mass is 35.5. The quantitative estimate of drug-likeness (QED) is 0.791. The molecule has 0 radical (unpaired) electrons. The zero-order chi connectivity index (χ0) is 19.8. The number of sulfonamides is 1. The number of benzene rings is 1. The monoisotopic (exact) mass is 431 g/mol. The molecule has 1 N–H and O–H groups in total. The van der Waals surface area contributed by atoms with Crippen LogP contribution in [0, 0.1) is 6.92 Å². The normalized spacial score (nSPS) is 15.7. The molecule has 3 rings (SSSR count). The summed E-state index contributed by atoms with van der Waals surface area (Å²) < 4.78 is 32.0. The summed E-state index contributed by atoms with van der Waals surface area (Å²) in [5.41, 5.74) is 0.660. The molecule has 1 aliphatic heterocycles. The minimum Gasteiger partial charge on any atom is -0.496 e. The van der Waals surface area contributed by atoms with Crippen molar-refractivity contribution >= 4 is 38.9 Å². The van der Waals surface area contributed by atoms with Crippen LogP contribution in [0.15, 0.2) is 27.2 Å². The molecule has 27 heavy (non-hydrogen) atoms. The van der Waals surface area contributed by atoms with Gasteiger partial charge in [-0.1, -0.05) is 22.9 Å². The summed E-state index contributed by atoms with van der Waals surface area (Å²) in [4.78, 5) is 27.9. The van der Waals surface area contributed by atoms with Gasteiger partial charge in [-0.05, 0) is 25.1 Å². The van der Waals surface area contributed by atoms with Crippen LogP contribution in [0.3, 0.4) is 0 Å². The lowest BCUT2D eigenvalue weighted by molar-refractivity contribution is 0.0694. The van der Waals surface area contributed by atoms with Crippen molar-refractivity contribution in [3.05, 3.63) is 44.1 Å². The van der Waals surface area contributed by atoms with Gasteiger partial charge in [-0.3, -0.25) is 9.59 Å². The number of aromatic amines is 1. The van der Waals surface area contributed by atoms with Crippen molar-refractivity contribution in [1.29, 1.82) is 0 Å². The summed E-state index contributed by atoms with van der Waals surface area (Å²) in [5, 5.41) is 0.415. The van der Waals surface area contributed by atoms with E-state index in [9.17, 15) is 18.0 Å². The van der Waals surface area contributed by atoms with Crippen molar-refractivity contribution in [2.45, 2.75) is 11.1 Å². The highest BCUT2D eigenvalue weighted by Gasteiger charge is 2.33. The maximum atomic E-state index is 12.8. The second-order valence-corrected chi connectivity index (χ2v) is 9.52. The second-order valence-electron chi connectivity index (χ2n) is 5.97. The first-order valence-corrected chi connectivity index (χ1v) is 10.7. The maximum Gasteiger partial charge on any atom is 0.305 e. The van der Waals surface area contributed by atoms with Crippen LogP contribution < -0.4 is 9.61 Å². The van der Waals surface area contributed by atoms with Crippen LogP contribution in [0.25, 0.3) is 0 Å². The molecule has 8 nitrogen and oxygen atoms in total. The molecule has 0 saturated carbocycles. The Morgan fingerprint density at radius 1 is 1.26 bits per heavy atom. The van der Waals surface area contributed by atoms with E-state index in [0.29, 0.717) is 33.4 Å². The molecular weight excluding hydrogens is 414 g/mol. The third-order valence-corrected chi connectivity index (χ3v) is 7.99. The third kappa shape index (κ3) is 3.88. The van der Waals surface area contributed by atoms with Crippen molar-refractivity contribution in [1.82, 2.24) is 14.2 Å². The fourth-order valence-electron chi connectivity index (χ4n) is 2.90. The van der Waals surface area contributed by atoms with Crippen molar-refractivity contribution < 1.29 is 17.9 Å². The SMILES string of the molecule is COc1ccc(Cl)cc1C(=O)N1CCN(S(=O)(=O)c2sc(=O)[nH]c2C)CC1. The number of hydrogen-bond acceptors (Lipinski definition) is 6. The van der Waals surface area contributed by atoms with Crippen molar-refractivity contribution in [3.8, 4) is 5.75 Å². The second kappa shape index (κ2) is 7.63. The van der Waals surface area contributed by atoms with Gasteiger partial charge in [0.2, 0.25) is 0 Å². The molecule has 1 fully saturated rings. The predicted octanol–water partition coefficient (Wildman–Crippen LogP) is 1.55. The third-order valence-electron chi connectivity index (χ3n) is 4.27. The number of carbonyl (C=O) groups excluding carboxylic acids is 1. The number of nitrogens with one attached hydrogen (secondary N) is 1. The van der Waals surface area contributed by atoms with Gasteiger partial charge in [0.1, 0.15) is 5.75 Å². The molecule has 1 amide bonds. The fourth-order valence-corrected chi connectivity index (χ4v) is 5.93. The first kappa shape index (κ1) is 19.9. The number of nitrogens with zero attached hydrogens (tertiary/aromatic N) is 2. The van der Waals surface area contributed by atoms with E-state index in [0.717, 1.165) is 0 Å². The van der Waals surface area contributed by atoms with E-state index in [1.165, 1.54) is 17.5 Å². The number of halogens is 1. The van der Waals surface area contributed by atoms with Crippen LogP contribution in [-0.4, -0.2) is 61.8 Å². The summed E-state index contributed by atoms with van der Waals surface area (Å²) >= 11 is 6.66. The number of amides is 1. The number of methoxy groups -OCH3 is 1. The summed E-state index contributed by atoms with van der Waals surface area (Å²) in [6.45, 7) is 2.29. The number of rotatable bonds is 4. The van der Waals surface area contributed by atoms with E-state index in [1.54, 1.807) is 24.0 Å². The highest BCUT2D eigenvalue weighted by Crippen LogP contribution is 2.26. The maximum absolute atomic E-state index is 12.8. The Balaban J connectivity index is 1.76. The lowest BCUT2D eigenvalue weighted by Gasteiger charge is -2.34. The molecule has 0 bridgehead atoms. The molecule has 2 heterocycles. The van der Waals surface area contributed by atoms with Gasteiger partial charge >= 0.3 is 4.87 Å². The van der Waals surface area contributed by atoms with Crippen LogP contribution in [0.1, 0.15) is 16.1 Å². The Labute approximate surface area is 165 Å². The van der Waals surface area contributed by atoms with Gasteiger partial charge in [0.15, 0.2) is 4.21 Å². The standard InChI is InChI=1S/C16H18ClN3O5S2/c1-10-15(26-16(22)18-10)27(23,24)20-7-5-19(6-8-20)14(21)12-9-11(17)3-4-13(12)25-2/h3-4,9H,5-8H2,1-2H3,(H,18,22). The summed E-state index contributed by atoms with van der Waals surface area (Å²) in [5.74, 6) is 0.140. The average Bonchev–Trinajstić information content (AvgIpc) is 3.00. The predicted molar refractivity (Wildman–Crippen MR) is 102 cm³/mol. The van der Waals surface area contributed by atoms with E-state index in [4.69, 9.17) is 16.3 Å². The fraction of sp³-hybridized carbons (Fsp3) is 0.375. The highest BCUT2D eigenvalue weighted by molar-refractivity contribution is 7.91.